The minimum atomic E-state index is -9.38. The molecule has 0 atom stereocenters. The van der Waals surface area contributed by atoms with Gasteiger partial charge in [0.15, 0.2) is 0 Å². The van der Waals surface area contributed by atoms with Crippen LogP contribution in [0.4, 0.5) is 101 Å². The predicted molar refractivity (Wildman–Crippen MR) is 76.6 cm³/mol. The summed E-state index contributed by atoms with van der Waals surface area (Å²) in [6.07, 6.45) is -8.49. The number of hydrogen-bond donors (Lipinski definition) is 0. The minimum Gasteiger partial charge on any atom is -0.375 e. The quantitative estimate of drug-likeness (QED) is 0.145. The molecule has 0 aliphatic heterocycles. The highest BCUT2D eigenvalue weighted by molar-refractivity contribution is 5.18. The predicted octanol–water partition coefficient (Wildman–Crippen LogP) is 8.33. The van der Waals surface area contributed by atoms with Gasteiger partial charge in [0.05, 0.1) is 0 Å². The Hall–Kier alpha value is -1.65. The van der Waals surface area contributed by atoms with Gasteiger partial charge in [-0.05, 0) is 6.42 Å². The third-order valence-electron chi connectivity index (χ3n) is 4.60. The van der Waals surface area contributed by atoms with Gasteiger partial charge in [0.2, 0.25) is 0 Å². The zero-order valence-corrected chi connectivity index (χ0v) is 17.7. The van der Waals surface area contributed by atoms with Gasteiger partial charge in [0.25, 0.3) is 0 Å². The molecule has 0 bridgehead atoms. The summed E-state index contributed by atoms with van der Waals surface area (Å²) in [6.45, 7) is -3.14. The Morgan fingerprint density at radius 3 is 0.821 bits per heavy atom. The second-order valence-electron chi connectivity index (χ2n) is 7.42. The fraction of sp³-hybridized carbons (Fsp3) is 1.00. The van der Waals surface area contributed by atoms with E-state index in [4.69, 9.17) is 0 Å². The first-order valence-corrected chi connectivity index (χ1v) is 8.98. The first kappa shape index (κ1) is 37.4. The highest BCUT2D eigenvalue weighted by atomic mass is 19.4. The summed E-state index contributed by atoms with van der Waals surface area (Å²) < 4.78 is 307. The zero-order chi connectivity index (χ0) is 32.3. The molecule has 0 rings (SSSR count). The number of ether oxygens (including phenoxy) is 1. The Balaban J connectivity index is 7.06. The van der Waals surface area contributed by atoms with Crippen molar-refractivity contribution >= 4 is 0 Å². The molecule has 0 N–H and O–H groups in total. The van der Waals surface area contributed by atoms with Crippen LogP contribution in [-0.4, -0.2) is 78.6 Å². The molecule has 0 aliphatic rings. The third kappa shape index (κ3) is 4.82. The van der Waals surface area contributed by atoms with Gasteiger partial charge in [-0.1, -0.05) is 6.92 Å². The van der Waals surface area contributed by atoms with Crippen LogP contribution >= 0.6 is 0 Å². The van der Waals surface area contributed by atoms with Gasteiger partial charge >= 0.3 is 65.4 Å². The highest BCUT2D eigenvalue weighted by Gasteiger charge is 2.98. The van der Waals surface area contributed by atoms with Gasteiger partial charge in [-0.25, -0.2) is 0 Å². The molecular weight excluding hydrogens is 633 g/mol. The van der Waals surface area contributed by atoms with Crippen molar-refractivity contribution in [3.8, 4) is 0 Å². The molecule has 0 fully saturated rings. The standard InChI is InChI=1S/C15H9F23O/c1-2-3-39-4-5(16,17)6(18,19)7(20,21)8(22,23)9(24,25)10(26,27)11(28,29)12(30,31)13(32,33)14(34,35)15(36,37)38/h2-4H2,1H3. The van der Waals surface area contributed by atoms with E-state index in [2.05, 4.69) is 4.74 Å². The van der Waals surface area contributed by atoms with Crippen molar-refractivity contribution in [3.05, 3.63) is 0 Å². The second-order valence-corrected chi connectivity index (χ2v) is 7.42. The van der Waals surface area contributed by atoms with E-state index >= 15 is 0 Å². The van der Waals surface area contributed by atoms with E-state index in [0.717, 1.165) is 6.92 Å². The number of halogens is 23. The van der Waals surface area contributed by atoms with Crippen LogP contribution in [0.2, 0.25) is 0 Å². The van der Waals surface area contributed by atoms with E-state index in [9.17, 15) is 101 Å². The lowest BCUT2D eigenvalue weighted by Gasteiger charge is -2.45. The summed E-state index contributed by atoms with van der Waals surface area (Å²) in [7, 11) is 0. The summed E-state index contributed by atoms with van der Waals surface area (Å²) in [4.78, 5) is 0. The Bertz CT molecular complexity index is 852. The van der Waals surface area contributed by atoms with Gasteiger partial charge in [-0.15, -0.1) is 0 Å². The van der Waals surface area contributed by atoms with Crippen molar-refractivity contribution in [3.63, 3.8) is 0 Å². The summed E-state index contributed by atoms with van der Waals surface area (Å²) in [5, 5.41) is 0. The van der Waals surface area contributed by atoms with Crippen molar-refractivity contribution in [2.24, 2.45) is 0 Å². The van der Waals surface area contributed by atoms with Gasteiger partial charge in [0.1, 0.15) is 6.61 Å². The molecule has 0 amide bonds. The number of alkyl halides is 23. The van der Waals surface area contributed by atoms with E-state index in [-0.39, 0.29) is 0 Å². The molecule has 39 heavy (non-hydrogen) atoms. The normalized spacial score (nSPS) is 16.6. The van der Waals surface area contributed by atoms with E-state index in [0.29, 0.717) is 0 Å². The number of hydrogen-bond acceptors (Lipinski definition) is 1. The molecule has 0 saturated carbocycles. The maximum absolute atomic E-state index is 13.6. The monoisotopic (exact) mass is 642 g/mol. The maximum atomic E-state index is 13.6. The largest absolute Gasteiger partial charge is 0.460 e. The Labute approximate surface area is 199 Å². The van der Waals surface area contributed by atoms with Crippen molar-refractivity contribution in [1.82, 2.24) is 0 Å². The average Bonchev–Trinajstić information content (AvgIpc) is 2.71. The fourth-order valence-electron chi connectivity index (χ4n) is 2.22. The van der Waals surface area contributed by atoms with Crippen LogP contribution in [0.15, 0.2) is 0 Å². The maximum Gasteiger partial charge on any atom is 0.460 e. The molecule has 0 aromatic heterocycles. The second kappa shape index (κ2) is 9.72. The van der Waals surface area contributed by atoms with Gasteiger partial charge in [0, 0.05) is 6.61 Å². The lowest BCUT2D eigenvalue weighted by Crippen LogP contribution is -2.77. The van der Waals surface area contributed by atoms with Gasteiger partial charge in [-0.2, -0.15) is 101 Å². The Morgan fingerprint density at radius 2 is 0.590 bits per heavy atom. The van der Waals surface area contributed by atoms with Crippen LogP contribution < -0.4 is 0 Å². The fourth-order valence-corrected chi connectivity index (χ4v) is 2.22. The minimum absolute atomic E-state index is 0.403. The first-order valence-electron chi connectivity index (χ1n) is 8.98. The van der Waals surface area contributed by atoms with Crippen LogP contribution in [0, 0.1) is 0 Å². The topological polar surface area (TPSA) is 9.23 Å². The molecule has 1 nitrogen and oxygen atoms in total. The van der Waals surface area contributed by atoms with E-state index in [1.165, 1.54) is 0 Å². The van der Waals surface area contributed by atoms with Gasteiger partial charge in [-0.3, -0.25) is 0 Å². The lowest BCUT2D eigenvalue weighted by molar-refractivity contribution is -0.478. The summed E-state index contributed by atoms with van der Waals surface area (Å²) in [5.74, 6) is -87.4. The molecule has 0 aromatic rings. The molecule has 0 heterocycles. The molecule has 0 unspecified atom stereocenters. The summed E-state index contributed by atoms with van der Waals surface area (Å²) in [5.41, 5.74) is 0. The first-order chi connectivity index (χ1) is 16.6. The van der Waals surface area contributed by atoms with Crippen molar-refractivity contribution in [2.75, 3.05) is 13.2 Å². The third-order valence-corrected chi connectivity index (χ3v) is 4.60. The lowest BCUT2D eigenvalue weighted by atomic mass is 9.85. The average molecular weight is 642 g/mol. The van der Waals surface area contributed by atoms with E-state index in [1.54, 1.807) is 0 Å². The molecule has 0 aromatic carbocycles. The summed E-state index contributed by atoms with van der Waals surface area (Å²) >= 11 is 0. The SMILES string of the molecule is CCCOCC(F)(F)C(F)(F)C(F)(F)C(F)(F)C(F)(F)C(F)(F)C(F)(F)C(F)(F)C(F)(F)C(F)(F)C(F)(F)F. The molecule has 0 saturated heterocycles. The van der Waals surface area contributed by atoms with Gasteiger partial charge < -0.3 is 4.74 Å². The smallest absolute Gasteiger partial charge is 0.375 e. The number of rotatable bonds is 13. The van der Waals surface area contributed by atoms with Crippen LogP contribution in [0.1, 0.15) is 13.3 Å². The van der Waals surface area contributed by atoms with Crippen molar-refractivity contribution < 1.29 is 106 Å². The summed E-state index contributed by atoms with van der Waals surface area (Å²) in [6, 6.07) is 0. The Kier molecular flexibility index (Phi) is 9.31. The highest BCUT2D eigenvalue weighted by Crippen LogP contribution is 2.67. The molecule has 0 aliphatic carbocycles. The van der Waals surface area contributed by atoms with Crippen molar-refractivity contribution in [1.29, 1.82) is 0 Å². The molecule has 0 spiro atoms. The van der Waals surface area contributed by atoms with Crippen LogP contribution in [0.5, 0.6) is 0 Å². The molecule has 24 heteroatoms. The van der Waals surface area contributed by atoms with E-state index in [1.807, 2.05) is 0 Å². The van der Waals surface area contributed by atoms with Crippen molar-refractivity contribution in [2.45, 2.75) is 78.7 Å². The Morgan fingerprint density at radius 1 is 0.359 bits per heavy atom. The van der Waals surface area contributed by atoms with Crippen LogP contribution in [0.3, 0.4) is 0 Å². The van der Waals surface area contributed by atoms with E-state index < -0.39 is 85.0 Å². The zero-order valence-electron chi connectivity index (χ0n) is 17.7. The molecule has 0 radical (unpaired) electrons. The van der Waals surface area contributed by atoms with Crippen LogP contribution in [0.25, 0.3) is 0 Å². The molecular formula is C15H9F23O. The molecule has 236 valence electrons. The van der Waals surface area contributed by atoms with Crippen LogP contribution in [-0.2, 0) is 4.74 Å².